The molecule has 0 aromatic carbocycles. The van der Waals surface area contributed by atoms with Crippen LogP contribution in [0.3, 0.4) is 0 Å². The van der Waals surface area contributed by atoms with Gasteiger partial charge in [0.2, 0.25) is 0 Å². The maximum absolute atomic E-state index is 12.2. The molecule has 5 unspecified atom stereocenters. The van der Waals surface area contributed by atoms with Crippen LogP contribution in [0.15, 0.2) is 12.2 Å². The van der Waals surface area contributed by atoms with E-state index in [0.29, 0.717) is 6.42 Å². The molecular weight excluding hydrogens is 232 g/mol. The lowest BCUT2D eigenvalue weighted by molar-refractivity contribution is -0.151. The number of rotatable bonds is 2. The topological polar surface area (TPSA) is 63.6 Å². The maximum Gasteiger partial charge on any atom is 0.309 e. The average Bonchev–Trinajstić information content (AvgIpc) is 2.38. The molecule has 100 valence electrons. The number of aliphatic hydroxyl groups excluding tert-OH is 1. The quantitative estimate of drug-likeness (QED) is 0.592. The second kappa shape index (κ2) is 5.22. The van der Waals surface area contributed by atoms with Gasteiger partial charge in [-0.15, -0.1) is 0 Å². The molecule has 0 aliphatic heterocycles. The van der Waals surface area contributed by atoms with Gasteiger partial charge in [-0.1, -0.05) is 19.1 Å². The van der Waals surface area contributed by atoms with Crippen molar-refractivity contribution >= 4 is 11.8 Å². The van der Waals surface area contributed by atoms with Gasteiger partial charge in [-0.25, -0.2) is 0 Å². The molecule has 0 bridgehead atoms. The highest BCUT2D eigenvalue weighted by molar-refractivity contribution is 5.88. The number of methoxy groups -OCH3 is 1. The van der Waals surface area contributed by atoms with Gasteiger partial charge in [0.15, 0.2) is 0 Å². The zero-order chi connectivity index (χ0) is 13.3. The lowest BCUT2D eigenvalue weighted by Gasteiger charge is -2.41. The second-order valence-corrected chi connectivity index (χ2v) is 5.41. The van der Waals surface area contributed by atoms with E-state index in [9.17, 15) is 14.7 Å². The minimum Gasteiger partial charge on any atom is -0.469 e. The zero-order valence-corrected chi connectivity index (χ0v) is 10.8. The van der Waals surface area contributed by atoms with E-state index in [2.05, 4.69) is 6.08 Å². The highest BCUT2D eigenvalue weighted by Crippen LogP contribution is 2.42. The molecule has 1 saturated carbocycles. The Morgan fingerprint density at radius 1 is 1.50 bits per heavy atom. The SMILES string of the molecule is COC(=O)C1CC(=O)C2C(C=CC(C)C2CO)C1. The van der Waals surface area contributed by atoms with Crippen LogP contribution >= 0.6 is 0 Å². The van der Waals surface area contributed by atoms with Gasteiger partial charge in [0, 0.05) is 18.9 Å². The monoisotopic (exact) mass is 252 g/mol. The summed E-state index contributed by atoms with van der Waals surface area (Å²) in [6.07, 6.45) is 5.00. The lowest BCUT2D eigenvalue weighted by Crippen LogP contribution is -2.44. The van der Waals surface area contributed by atoms with Gasteiger partial charge in [-0.3, -0.25) is 9.59 Å². The summed E-state index contributed by atoms with van der Waals surface area (Å²) in [6.45, 7) is 2.05. The van der Waals surface area contributed by atoms with E-state index in [-0.39, 0.29) is 54.4 Å². The first-order valence-corrected chi connectivity index (χ1v) is 6.48. The van der Waals surface area contributed by atoms with Crippen molar-refractivity contribution in [3.8, 4) is 0 Å². The molecule has 0 saturated heterocycles. The fourth-order valence-corrected chi connectivity index (χ4v) is 3.34. The first kappa shape index (κ1) is 13.3. The van der Waals surface area contributed by atoms with Crippen LogP contribution in [0, 0.1) is 29.6 Å². The number of esters is 1. The molecule has 0 aromatic heterocycles. The molecule has 2 aliphatic carbocycles. The van der Waals surface area contributed by atoms with Gasteiger partial charge >= 0.3 is 5.97 Å². The number of carbonyl (C=O) groups excluding carboxylic acids is 2. The van der Waals surface area contributed by atoms with E-state index in [1.807, 2.05) is 13.0 Å². The smallest absolute Gasteiger partial charge is 0.309 e. The lowest BCUT2D eigenvalue weighted by atomic mass is 9.62. The van der Waals surface area contributed by atoms with Crippen molar-refractivity contribution in [1.29, 1.82) is 0 Å². The summed E-state index contributed by atoms with van der Waals surface area (Å²) >= 11 is 0. The van der Waals surface area contributed by atoms with Crippen molar-refractivity contribution in [2.24, 2.45) is 29.6 Å². The third-order valence-electron chi connectivity index (χ3n) is 4.38. The minimum atomic E-state index is -0.318. The van der Waals surface area contributed by atoms with Gasteiger partial charge in [-0.2, -0.15) is 0 Å². The Labute approximate surface area is 107 Å². The van der Waals surface area contributed by atoms with Crippen LogP contribution in [0.4, 0.5) is 0 Å². The highest BCUT2D eigenvalue weighted by Gasteiger charge is 2.45. The summed E-state index contributed by atoms with van der Waals surface area (Å²) in [7, 11) is 1.36. The number of ketones is 1. The van der Waals surface area contributed by atoms with Crippen LogP contribution in [-0.2, 0) is 14.3 Å². The molecule has 1 fully saturated rings. The standard InChI is InChI=1S/C14H20O4/c1-8-3-4-9-5-10(14(17)18-2)6-12(16)13(9)11(8)7-15/h3-4,8-11,13,15H,5-7H2,1-2H3. The van der Waals surface area contributed by atoms with Gasteiger partial charge in [0.05, 0.1) is 13.0 Å². The molecule has 1 N–H and O–H groups in total. The van der Waals surface area contributed by atoms with Crippen molar-refractivity contribution < 1.29 is 19.4 Å². The van der Waals surface area contributed by atoms with Crippen LogP contribution in [0.2, 0.25) is 0 Å². The van der Waals surface area contributed by atoms with Crippen LogP contribution in [0.1, 0.15) is 19.8 Å². The summed E-state index contributed by atoms with van der Waals surface area (Å²) in [5, 5.41) is 9.46. The fourth-order valence-electron chi connectivity index (χ4n) is 3.34. The van der Waals surface area contributed by atoms with Crippen molar-refractivity contribution in [1.82, 2.24) is 0 Å². The number of hydrogen-bond acceptors (Lipinski definition) is 4. The van der Waals surface area contributed by atoms with E-state index in [4.69, 9.17) is 4.74 Å². The number of fused-ring (bicyclic) bond motifs is 1. The molecule has 4 nitrogen and oxygen atoms in total. The zero-order valence-electron chi connectivity index (χ0n) is 10.8. The van der Waals surface area contributed by atoms with Crippen LogP contribution in [0.25, 0.3) is 0 Å². The highest BCUT2D eigenvalue weighted by atomic mass is 16.5. The summed E-state index contributed by atoms with van der Waals surface area (Å²) in [5.74, 6) is -0.368. The minimum absolute atomic E-state index is 0.00824. The predicted octanol–water partition coefficient (Wildman–Crippen LogP) is 1.19. The Bertz CT molecular complexity index is 374. The Kier molecular flexibility index (Phi) is 3.85. The molecule has 2 aliphatic rings. The van der Waals surface area contributed by atoms with E-state index in [1.54, 1.807) is 0 Å². The van der Waals surface area contributed by atoms with Crippen LogP contribution in [-0.4, -0.2) is 30.6 Å². The molecule has 2 rings (SSSR count). The first-order chi connectivity index (χ1) is 8.58. The van der Waals surface area contributed by atoms with E-state index >= 15 is 0 Å². The number of ether oxygens (including phenoxy) is 1. The predicted molar refractivity (Wildman–Crippen MR) is 65.6 cm³/mol. The van der Waals surface area contributed by atoms with Gasteiger partial charge in [0.1, 0.15) is 5.78 Å². The molecule has 0 heterocycles. The summed E-state index contributed by atoms with van der Waals surface area (Å²) in [4.78, 5) is 23.8. The van der Waals surface area contributed by atoms with E-state index in [1.165, 1.54) is 7.11 Å². The Morgan fingerprint density at radius 3 is 2.83 bits per heavy atom. The molecular formula is C14H20O4. The number of allylic oxidation sites excluding steroid dienone is 2. The van der Waals surface area contributed by atoms with Gasteiger partial charge in [-0.05, 0) is 24.2 Å². The molecule has 0 spiro atoms. The molecule has 18 heavy (non-hydrogen) atoms. The van der Waals surface area contributed by atoms with Crippen molar-refractivity contribution in [2.45, 2.75) is 19.8 Å². The molecule has 4 heteroatoms. The summed E-state index contributed by atoms with van der Waals surface area (Å²) in [6, 6.07) is 0. The molecule has 0 radical (unpaired) electrons. The van der Waals surface area contributed by atoms with Crippen LogP contribution < -0.4 is 0 Å². The number of carbonyl (C=O) groups is 2. The van der Waals surface area contributed by atoms with E-state index < -0.39 is 0 Å². The van der Waals surface area contributed by atoms with Gasteiger partial charge < -0.3 is 9.84 Å². The normalized spacial score (nSPS) is 39.3. The number of aliphatic hydroxyl groups is 1. The fraction of sp³-hybridized carbons (Fsp3) is 0.714. The molecule has 0 aromatic rings. The van der Waals surface area contributed by atoms with Gasteiger partial charge in [0.25, 0.3) is 0 Å². The van der Waals surface area contributed by atoms with Crippen molar-refractivity contribution in [3.05, 3.63) is 12.2 Å². The Morgan fingerprint density at radius 2 is 2.22 bits per heavy atom. The largest absolute Gasteiger partial charge is 0.469 e. The second-order valence-electron chi connectivity index (χ2n) is 5.41. The third kappa shape index (κ3) is 2.21. The number of Topliss-reactive ketones (excluding diaryl/α,β-unsaturated/α-hetero) is 1. The summed E-state index contributed by atoms with van der Waals surface area (Å²) < 4.78 is 4.73. The van der Waals surface area contributed by atoms with Crippen molar-refractivity contribution in [2.75, 3.05) is 13.7 Å². The van der Waals surface area contributed by atoms with E-state index in [0.717, 1.165) is 0 Å². The number of hydrogen-bond donors (Lipinski definition) is 1. The average molecular weight is 252 g/mol. The summed E-state index contributed by atoms with van der Waals surface area (Å²) in [5.41, 5.74) is 0. The Hall–Kier alpha value is -1.16. The Balaban J connectivity index is 2.20. The maximum atomic E-state index is 12.2. The first-order valence-electron chi connectivity index (χ1n) is 6.48. The van der Waals surface area contributed by atoms with Crippen LogP contribution in [0.5, 0.6) is 0 Å². The molecule has 5 atom stereocenters. The molecule has 0 amide bonds. The van der Waals surface area contributed by atoms with Crippen molar-refractivity contribution in [3.63, 3.8) is 0 Å². The third-order valence-corrected chi connectivity index (χ3v) is 4.38.